The number of aromatic nitrogens is 1. The third kappa shape index (κ3) is 4.23. The topological polar surface area (TPSA) is 112 Å². The minimum Gasteiger partial charge on any atom is -0.356 e. The number of anilines is 1. The maximum absolute atomic E-state index is 13.1. The number of hydrogen-bond acceptors (Lipinski definition) is 6. The predicted molar refractivity (Wildman–Crippen MR) is 119 cm³/mol. The van der Waals surface area contributed by atoms with Gasteiger partial charge in [-0.25, -0.2) is 9.37 Å². The van der Waals surface area contributed by atoms with Crippen molar-refractivity contribution in [2.75, 3.05) is 18.0 Å². The summed E-state index contributed by atoms with van der Waals surface area (Å²) in [6.07, 6.45) is 1.94. The molecule has 1 unspecified atom stereocenters. The molecule has 34 heavy (non-hydrogen) atoms. The van der Waals surface area contributed by atoms with Crippen LogP contribution in [-0.2, 0) is 16.1 Å². The molecule has 1 aromatic heterocycles. The number of rotatable bonds is 4. The molecule has 3 aliphatic heterocycles. The molecule has 0 spiro atoms. The van der Waals surface area contributed by atoms with Gasteiger partial charge >= 0.3 is 0 Å². The van der Waals surface area contributed by atoms with E-state index in [4.69, 9.17) is 0 Å². The van der Waals surface area contributed by atoms with Gasteiger partial charge in [0, 0.05) is 43.2 Å². The highest BCUT2D eigenvalue weighted by molar-refractivity contribution is 6.04. The van der Waals surface area contributed by atoms with E-state index in [2.05, 4.69) is 20.5 Å². The number of carbonyl (C=O) groups excluding carboxylic acids is 4. The van der Waals surface area contributed by atoms with E-state index in [-0.39, 0.29) is 36.0 Å². The molecule has 2 fully saturated rings. The first kappa shape index (κ1) is 22.0. The summed E-state index contributed by atoms with van der Waals surface area (Å²) >= 11 is 0. The molecule has 0 saturated carbocycles. The van der Waals surface area contributed by atoms with Crippen molar-refractivity contribution in [3.05, 3.63) is 59.0 Å². The molecule has 1 aromatic carbocycles. The van der Waals surface area contributed by atoms with Crippen molar-refractivity contribution < 1.29 is 23.6 Å². The highest BCUT2D eigenvalue weighted by Crippen LogP contribution is 2.29. The average molecular weight is 465 g/mol. The Morgan fingerprint density at radius 2 is 1.76 bits per heavy atom. The van der Waals surface area contributed by atoms with Crippen molar-refractivity contribution in [3.63, 3.8) is 0 Å². The van der Waals surface area contributed by atoms with Gasteiger partial charge in [-0.3, -0.25) is 24.5 Å². The summed E-state index contributed by atoms with van der Waals surface area (Å²) in [7, 11) is 0. The van der Waals surface area contributed by atoms with Crippen LogP contribution in [0.1, 0.15) is 52.1 Å². The lowest BCUT2D eigenvalue weighted by Crippen LogP contribution is -2.52. The number of benzene rings is 1. The van der Waals surface area contributed by atoms with Crippen LogP contribution in [0.25, 0.3) is 0 Å². The molecule has 4 amide bonds. The Bertz CT molecular complexity index is 1160. The summed E-state index contributed by atoms with van der Waals surface area (Å²) in [5, 5.41) is 5.29. The lowest BCUT2D eigenvalue weighted by atomic mass is 10.0. The van der Waals surface area contributed by atoms with Crippen LogP contribution >= 0.6 is 0 Å². The second kappa shape index (κ2) is 8.85. The zero-order chi connectivity index (χ0) is 23.8. The lowest BCUT2D eigenvalue weighted by Gasteiger charge is -2.33. The van der Waals surface area contributed by atoms with E-state index in [1.807, 2.05) is 12.1 Å². The molecule has 2 N–H and O–H groups in total. The number of amides is 4. The van der Waals surface area contributed by atoms with E-state index in [0.717, 1.165) is 5.56 Å². The molecule has 2 aromatic rings. The Hall–Kier alpha value is -3.82. The van der Waals surface area contributed by atoms with E-state index in [0.29, 0.717) is 56.0 Å². The summed E-state index contributed by atoms with van der Waals surface area (Å²) in [6, 6.07) is 8.52. The first-order chi connectivity index (χ1) is 16.4. The summed E-state index contributed by atoms with van der Waals surface area (Å²) in [4.78, 5) is 57.2. The second-order valence-electron chi connectivity index (χ2n) is 8.82. The Balaban J connectivity index is 1.20. The SMILES string of the molecule is O=C1CCC(N2Cc3ccc(N4CCC(NC(=O)c5ccc(F)cc5)CC4)nc3C2=O)C(=O)N1. The van der Waals surface area contributed by atoms with Gasteiger partial charge in [-0.1, -0.05) is 6.07 Å². The van der Waals surface area contributed by atoms with E-state index in [1.54, 1.807) is 0 Å². The molecule has 5 rings (SSSR count). The minimum absolute atomic E-state index is 0.00659. The molecular weight excluding hydrogens is 441 g/mol. The van der Waals surface area contributed by atoms with Crippen LogP contribution in [0, 0.1) is 5.82 Å². The number of nitrogens with zero attached hydrogens (tertiary/aromatic N) is 3. The number of halogens is 1. The van der Waals surface area contributed by atoms with E-state index >= 15 is 0 Å². The smallest absolute Gasteiger partial charge is 0.273 e. The molecule has 4 heterocycles. The van der Waals surface area contributed by atoms with Crippen LogP contribution < -0.4 is 15.5 Å². The van der Waals surface area contributed by atoms with Crippen molar-refractivity contribution in [1.29, 1.82) is 0 Å². The molecule has 9 nitrogen and oxygen atoms in total. The van der Waals surface area contributed by atoms with Crippen molar-refractivity contribution in [2.24, 2.45) is 0 Å². The van der Waals surface area contributed by atoms with Gasteiger partial charge in [-0.05, 0) is 49.6 Å². The average Bonchev–Trinajstić information content (AvgIpc) is 3.15. The van der Waals surface area contributed by atoms with Gasteiger partial charge in [0.1, 0.15) is 23.4 Å². The number of pyridine rings is 1. The van der Waals surface area contributed by atoms with Gasteiger partial charge in [-0.2, -0.15) is 0 Å². The fraction of sp³-hybridized carbons (Fsp3) is 0.375. The van der Waals surface area contributed by atoms with Gasteiger partial charge in [-0.15, -0.1) is 0 Å². The summed E-state index contributed by atoms with van der Waals surface area (Å²) < 4.78 is 13.1. The normalized spacial score (nSPS) is 20.9. The van der Waals surface area contributed by atoms with Gasteiger partial charge in [0.15, 0.2) is 0 Å². The number of fused-ring (bicyclic) bond motifs is 1. The van der Waals surface area contributed by atoms with Crippen LogP contribution in [0.4, 0.5) is 10.2 Å². The second-order valence-corrected chi connectivity index (χ2v) is 8.82. The molecule has 176 valence electrons. The summed E-state index contributed by atoms with van der Waals surface area (Å²) in [5.41, 5.74) is 1.53. The molecule has 0 radical (unpaired) electrons. The zero-order valence-electron chi connectivity index (χ0n) is 18.4. The van der Waals surface area contributed by atoms with Crippen LogP contribution in [0.15, 0.2) is 36.4 Å². The summed E-state index contributed by atoms with van der Waals surface area (Å²) in [5.74, 6) is -0.988. The van der Waals surface area contributed by atoms with E-state index < -0.39 is 11.9 Å². The molecule has 10 heteroatoms. The maximum atomic E-state index is 13.1. The largest absolute Gasteiger partial charge is 0.356 e. The van der Waals surface area contributed by atoms with Crippen LogP contribution in [0.5, 0.6) is 0 Å². The van der Waals surface area contributed by atoms with E-state index in [1.165, 1.54) is 29.2 Å². The highest BCUT2D eigenvalue weighted by atomic mass is 19.1. The molecule has 3 aliphatic rings. The van der Waals surface area contributed by atoms with Gasteiger partial charge < -0.3 is 15.1 Å². The number of hydrogen-bond donors (Lipinski definition) is 2. The molecule has 2 saturated heterocycles. The zero-order valence-corrected chi connectivity index (χ0v) is 18.4. The number of carbonyl (C=O) groups is 4. The molecule has 0 aliphatic carbocycles. The lowest BCUT2D eigenvalue weighted by molar-refractivity contribution is -0.136. The van der Waals surface area contributed by atoms with Crippen molar-refractivity contribution in [1.82, 2.24) is 20.5 Å². The van der Waals surface area contributed by atoms with Gasteiger partial charge in [0.05, 0.1) is 0 Å². The van der Waals surface area contributed by atoms with Gasteiger partial charge in [0.25, 0.3) is 11.8 Å². The standard InChI is InChI=1S/C24H24FN5O4/c25-16-4-1-14(2-5-16)22(32)26-17-9-11-29(12-10-17)19-7-3-15-13-30(24(34)21(15)27-19)18-6-8-20(31)28-23(18)33/h1-5,7,17-18H,6,8-13H2,(H,26,32)(H,28,31,33). The highest BCUT2D eigenvalue weighted by Gasteiger charge is 2.40. The van der Waals surface area contributed by atoms with E-state index in [9.17, 15) is 23.6 Å². The quantitative estimate of drug-likeness (QED) is 0.660. The third-order valence-electron chi connectivity index (χ3n) is 6.62. The molecular formula is C24H24FN5O4. The van der Waals surface area contributed by atoms with Crippen LogP contribution in [-0.4, -0.2) is 58.7 Å². The first-order valence-corrected chi connectivity index (χ1v) is 11.3. The van der Waals surface area contributed by atoms with Crippen molar-refractivity contribution in [2.45, 2.75) is 44.3 Å². The third-order valence-corrected chi connectivity index (χ3v) is 6.62. The van der Waals surface area contributed by atoms with Crippen molar-refractivity contribution >= 4 is 29.4 Å². The van der Waals surface area contributed by atoms with Crippen LogP contribution in [0.3, 0.4) is 0 Å². The maximum Gasteiger partial charge on any atom is 0.273 e. The fourth-order valence-corrected chi connectivity index (χ4v) is 4.71. The number of nitrogens with one attached hydrogen (secondary N) is 2. The number of piperidine rings is 2. The predicted octanol–water partition coefficient (Wildman–Crippen LogP) is 1.38. The first-order valence-electron chi connectivity index (χ1n) is 11.3. The van der Waals surface area contributed by atoms with Gasteiger partial charge in [0.2, 0.25) is 11.8 Å². The minimum atomic E-state index is -0.664. The Labute approximate surface area is 195 Å². The Kier molecular flexibility index (Phi) is 5.72. The Morgan fingerprint density at radius 1 is 1.03 bits per heavy atom. The fourth-order valence-electron chi connectivity index (χ4n) is 4.71. The van der Waals surface area contributed by atoms with Crippen LogP contribution in [0.2, 0.25) is 0 Å². The molecule has 0 bridgehead atoms. The molecule has 1 atom stereocenters. The monoisotopic (exact) mass is 465 g/mol. The Morgan fingerprint density at radius 3 is 2.47 bits per heavy atom. The van der Waals surface area contributed by atoms with Crippen molar-refractivity contribution in [3.8, 4) is 0 Å². The number of imide groups is 1. The summed E-state index contributed by atoms with van der Waals surface area (Å²) in [6.45, 7) is 1.61.